The Bertz CT molecular complexity index is 3550. The number of hydroxylamine groups is 1. The zero-order valence-corrected chi connectivity index (χ0v) is 49.3. The molecule has 0 saturated heterocycles. The van der Waals surface area contributed by atoms with Gasteiger partial charge in [-0.15, -0.1) is 6.42 Å². The summed E-state index contributed by atoms with van der Waals surface area (Å²) in [6.45, 7) is 2.74. The minimum atomic E-state index is -1.25. The number of methoxy groups -OCH3 is 2. The molecule has 0 saturated carbocycles. The number of aliphatic hydroxyl groups is 2. The predicted octanol–water partition coefficient (Wildman–Crippen LogP) is 9.34. The summed E-state index contributed by atoms with van der Waals surface area (Å²) >= 11 is 2.18. The van der Waals surface area contributed by atoms with Crippen LogP contribution in [-0.4, -0.2) is 94.7 Å². The highest BCUT2D eigenvalue weighted by Crippen LogP contribution is 2.10. The molecule has 0 heterocycles. The maximum atomic E-state index is 12.2. The van der Waals surface area contributed by atoms with Gasteiger partial charge in [0.25, 0.3) is 17.7 Å². The molecular formula is C70H60IN3O12. The van der Waals surface area contributed by atoms with E-state index in [1.807, 2.05) is 133 Å². The van der Waals surface area contributed by atoms with E-state index in [1.54, 1.807) is 84.9 Å². The Morgan fingerprint density at radius 1 is 0.430 bits per heavy atom. The molecular weight excluding hydrogens is 1200 g/mol. The topological polar surface area (TPSA) is 238 Å². The third-order valence-electron chi connectivity index (χ3n) is 11.4. The number of carbonyl (C=O) groups excluding carboxylic acids is 5. The van der Waals surface area contributed by atoms with E-state index in [0.717, 1.165) is 42.5 Å². The quantitative estimate of drug-likeness (QED) is 0.0223. The fourth-order valence-corrected chi connectivity index (χ4v) is 7.13. The summed E-state index contributed by atoms with van der Waals surface area (Å²) in [6, 6.07) is 62.9. The lowest BCUT2D eigenvalue weighted by atomic mass is 10.1. The van der Waals surface area contributed by atoms with Crippen molar-refractivity contribution in [2.75, 3.05) is 14.2 Å². The van der Waals surface area contributed by atoms with Crippen molar-refractivity contribution in [3.05, 3.63) is 283 Å². The molecule has 434 valence electrons. The van der Waals surface area contributed by atoms with E-state index in [9.17, 15) is 39.0 Å². The SMILES string of the molecule is C#Cc1ccccc1.COC(=O)C(NC(=O)c1ccc(C#Cc2ccccc2)cc1)[C@@H](C)O.COC(=O)c1ccc(I)cc1.C[C@@H](O)C(NC(=O)c1ccc(C#Cc2ccccc2)cc1)C(=O)NO.O=C(O)c1ccc(C#Cc2ccccc2)cc1. The first-order valence-corrected chi connectivity index (χ1v) is 27.1. The molecule has 4 atom stereocenters. The zero-order chi connectivity index (χ0) is 62.6. The average Bonchev–Trinajstić information content (AvgIpc) is 3.72. The largest absolute Gasteiger partial charge is 0.478 e. The lowest BCUT2D eigenvalue weighted by Gasteiger charge is -2.19. The van der Waals surface area contributed by atoms with Crippen LogP contribution in [0.5, 0.6) is 0 Å². The number of ether oxygens (including phenoxy) is 2. The number of esters is 2. The van der Waals surface area contributed by atoms with Crippen LogP contribution in [-0.2, 0) is 19.1 Å². The van der Waals surface area contributed by atoms with Gasteiger partial charge in [-0.1, -0.05) is 114 Å². The molecule has 8 rings (SSSR count). The summed E-state index contributed by atoms with van der Waals surface area (Å²) in [5.74, 6) is 16.8. The molecule has 15 nitrogen and oxygen atoms in total. The summed E-state index contributed by atoms with van der Waals surface area (Å²) < 4.78 is 10.2. The maximum absolute atomic E-state index is 12.2. The van der Waals surface area contributed by atoms with Gasteiger partial charge in [0.05, 0.1) is 37.6 Å². The van der Waals surface area contributed by atoms with E-state index in [-0.39, 0.29) is 11.5 Å². The molecule has 0 aliphatic rings. The Kier molecular flexibility index (Phi) is 29.6. The molecule has 0 spiro atoms. The van der Waals surface area contributed by atoms with Gasteiger partial charge in [0.1, 0.15) is 6.04 Å². The summed E-state index contributed by atoms with van der Waals surface area (Å²) in [5, 5.41) is 41.3. The van der Waals surface area contributed by atoms with Gasteiger partial charge in [0, 0.05) is 53.6 Å². The van der Waals surface area contributed by atoms with Gasteiger partial charge in [-0.05, 0) is 182 Å². The standard InChI is InChI=1S/C20H19NO4.C19H18N2O4.C15H10O2.C8H7IO2.C8H6/c1-14(22)18(20(24)25-2)21-19(23)17-12-10-16(11-13-17)9-8-15-6-4-3-5-7-15;1-13(22)17(19(24)21-25)20-18(23)16-11-9-15(10-12-16)8-7-14-5-3-2-4-6-14;16-15(17)14-10-8-13(9-11-14)7-6-12-4-2-1-3-5-12;1-11-8(10)6-2-4-7(9)5-3-6;1-2-8-6-4-3-5-7-8/h3-7,10-14,18,22H,1-2H3,(H,21,23);2-6,9-13,17,22,25H,1H3,(H,20,23)(H,21,24);1-5,8-11H,(H,16,17);2-5H,1H3;1,3-7H/t14-,18?;13-,17?;;;/m11.../s1. The van der Waals surface area contributed by atoms with Gasteiger partial charge in [-0.2, -0.15) is 0 Å². The lowest BCUT2D eigenvalue weighted by Crippen LogP contribution is -2.51. The monoisotopic (exact) mass is 1260 g/mol. The van der Waals surface area contributed by atoms with Crippen molar-refractivity contribution >= 4 is 58.2 Å². The van der Waals surface area contributed by atoms with Crippen LogP contribution in [0, 0.1) is 51.4 Å². The van der Waals surface area contributed by atoms with Crippen LogP contribution in [0.2, 0.25) is 0 Å². The molecule has 16 heteroatoms. The highest BCUT2D eigenvalue weighted by molar-refractivity contribution is 14.1. The van der Waals surface area contributed by atoms with Crippen molar-refractivity contribution in [1.82, 2.24) is 16.1 Å². The third kappa shape index (κ3) is 24.9. The first-order valence-electron chi connectivity index (χ1n) is 26.0. The number of nitrogens with one attached hydrogen (secondary N) is 3. The molecule has 2 unspecified atom stereocenters. The van der Waals surface area contributed by atoms with Crippen molar-refractivity contribution < 1.29 is 58.8 Å². The van der Waals surface area contributed by atoms with Crippen molar-refractivity contribution in [2.24, 2.45) is 0 Å². The Balaban J connectivity index is 0.000000243. The van der Waals surface area contributed by atoms with Crippen LogP contribution in [0.15, 0.2) is 218 Å². The number of carboxylic acids is 1. The molecule has 0 aliphatic carbocycles. The van der Waals surface area contributed by atoms with E-state index in [1.165, 1.54) is 33.5 Å². The molecule has 3 amide bonds. The minimum Gasteiger partial charge on any atom is -0.478 e. The molecule has 8 aromatic rings. The fourth-order valence-electron chi connectivity index (χ4n) is 6.77. The van der Waals surface area contributed by atoms with Gasteiger partial charge in [0.2, 0.25) is 0 Å². The summed E-state index contributed by atoms with van der Waals surface area (Å²) in [5.41, 5.74) is 8.92. The number of carbonyl (C=O) groups is 6. The number of benzene rings is 8. The van der Waals surface area contributed by atoms with Crippen molar-refractivity contribution in [3.63, 3.8) is 0 Å². The number of halogens is 1. The third-order valence-corrected chi connectivity index (χ3v) is 12.1. The molecule has 0 aromatic heterocycles. The lowest BCUT2D eigenvalue weighted by molar-refractivity contribution is -0.145. The van der Waals surface area contributed by atoms with Crippen molar-refractivity contribution in [1.29, 1.82) is 0 Å². The number of rotatable bonds is 10. The van der Waals surface area contributed by atoms with Crippen LogP contribution in [0.1, 0.15) is 94.2 Å². The Labute approximate surface area is 513 Å². The van der Waals surface area contributed by atoms with Crippen LogP contribution < -0.4 is 16.1 Å². The molecule has 86 heavy (non-hydrogen) atoms. The number of carboxylic acid groups (broad SMARTS) is 1. The van der Waals surface area contributed by atoms with Gasteiger partial charge in [-0.25, -0.2) is 19.9 Å². The summed E-state index contributed by atoms with van der Waals surface area (Å²) in [4.78, 5) is 68.9. The number of hydrogen-bond donors (Lipinski definition) is 7. The molecule has 7 N–H and O–H groups in total. The number of aromatic carboxylic acids is 1. The van der Waals surface area contributed by atoms with E-state index in [4.69, 9.17) is 16.7 Å². The number of aliphatic hydroxyl groups excluding tert-OH is 2. The molecule has 0 fully saturated rings. The maximum Gasteiger partial charge on any atom is 0.337 e. The number of amides is 3. The smallest absolute Gasteiger partial charge is 0.337 e. The first-order chi connectivity index (χ1) is 41.4. The van der Waals surface area contributed by atoms with Gasteiger partial charge >= 0.3 is 17.9 Å². The first kappa shape index (κ1) is 67.9. The van der Waals surface area contributed by atoms with Gasteiger partial charge in [-0.3, -0.25) is 19.6 Å². The average molecular weight is 1260 g/mol. The van der Waals surface area contributed by atoms with Crippen LogP contribution in [0.25, 0.3) is 0 Å². The van der Waals surface area contributed by atoms with E-state index in [0.29, 0.717) is 16.7 Å². The Morgan fingerprint density at radius 3 is 1.01 bits per heavy atom. The summed E-state index contributed by atoms with van der Waals surface area (Å²) in [6.07, 6.45) is 2.88. The second-order valence-corrected chi connectivity index (χ2v) is 19.0. The second kappa shape index (κ2) is 37.5. The highest BCUT2D eigenvalue weighted by atomic mass is 127. The molecule has 0 aliphatic heterocycles. The molecule has 0 radical (unpaired) electrons. The minimum absolute atomic E-state index is 0.273. The number of hydrogen-bond acceptors (Lipinski definition) is 11. The van der Waals surface area contributed by atoms with Crippen LogP contribution in [0.4, 0.5) is 0 Å². The van der Waals surface area contributed by atoms with Crippen molar-refractivity contribution in [3.8, 4) is 47.9 Å². The van der Waals surface area contributed by atoms with Crippen LogP contribution >= 0.6 is 22.6 Å². The van der Waals surface area contributed by atoms with Crippen LogP contribution in [0.3, 0.4) is 0 Å². The zero-order valence-electron chi connectivity index (χ0n) is 47.1. The summed E-state index contributed by atoms with van der Waals surface area (Å²) in [7, 11) is 2.57. The van der Waals surface area contributed by atoms with Gasteiger partial charge < -0.3 is 35.4 Å². The van der Waals surface area contributed by atoms with E-state index >= 15 is 0 Å². The predicted molar refractivity (Wildman–Crippen MR) is 336 cm³/mol. The van der Waals surface area contributed by atoms with E-state index in [2.05, 4.69) is 84.1 Å². The van der Waals surface area contributed by atoms with E-state index < -0.39 is 54.0 Å². The molecule has 0 bridgehead atoms. The normalized spacial score (nSPS) is 10.9. The van der Waals surface area contributed by atoms with Crippen molar-refractivity contribution in [2.45, 2.75) is 38.1 Å². The molecule has 8 aromatic carbocycles. The Hall–Kier alpha value is -10.6. The second-order valence-electron chi connectivity index (χ2n) is 17.8. The van der Waals surface area contributed by atoms with Gasteiger partial charge in [0.15, 0.2) is 6.04 Å². The number of terminal acetylenes is 1. The Morgan fingerprint density at radius 2 is 0.733 bits per heavy atom. The fraction of sp³-hybridized carbons (Fsp3) is 0.114. The highest BCUT2D eigenvalue weighted by Gasteiger charge is 2.27.